The van der Waals surface area contributed by atoms with Crippen LogP contribution in [0.15, 0.2) is 0 Å². The van der Waals surface area contributed by atoms with Gasteiger partial charge in [-0.1, -0.05) is 12.8 Å². The van der Waals surface area contributed by atoms with E-state index >= 15 is 0 Å². The van der Waals surface area contributed by atoms with Gasteiger partial charge in [0, 0.05) is 13.1 Å². The number of nitrogens with one attached hydrogen (secondary N) is 1. The number of nitrogens with zero attached hydrogens (tertiary/aromatic N) is 1. The summed E-state index contributed by atoms with van der Waals surface area (Å²) >= 11 is 0. The van der Waals surface area contributed by atoms with Gasteiger partial charge in [-0.05, 0) is 31.1 Å². The highest BCUT2D eigenvalue weighted by Gasteiger charge is 2.38. The monoisotopic (exact) mass is 298 g/mol. The van der Waals surface area contributed by atoms with Crippen molar-refractivity contribution in [3.8, 4) is 0 Å². The fourth-order valence-corrected chi connectivity index (χ4v) is 3.27. The van der Waals surface area contributed by atoms with Gasteiger partial charge in [0.25, 0.3) is 5.91 Å². The van der Waals surface area contributed by atoms with E-state index in [-0.39, 0.29) is 0 Å². The Morgan fingerprint density at radius 2 is 1.67 bits per heavy atom. The van der Waals surface area contributed by atoms with Crippen molar-refractivity contribution in [2.45, 2.75) is 38.5 Å². The lowest BCUT2D eigenvalue weighted by molar-refractivity contribution is -0.143. The Balaban J connectivity index is 1.69. The Bertz CT molecular complexity index is 408. The highest BCUT2D eigenvalue weighted by Crippen LogP contribution is 2.45. The second-order valence-electron chi connectivity index (χ2n) is 5.93. The first-order valence-electron chi connectivity index (χ1n) is 7.39. The highest BCUT2D eigenvalue weighted by molar-refractivity contribution is 5.95. The van der Waals surface area contributed by atoms with Crippen molar-refractivity contribution in [1.82, 2.24) is 10.2 Å². The van der Waals surface area contributed by atoms with Crippen molar-refractivity contribution in [2.75, 3.05) is 26.3 Å². The van der Waals surface area contributed by atoms with E-state index in [9.17, 15) is 14.4 Å². The largest absolute Gasteiger partial charge is 0.480 e. The standard InChI is InChI=1S/C14H22N2O5/c17-11(9-21-10-12(18)19)15-13(20)16-7-5-14(6-8-16)3-1-2-4-14/h1-10H2,(H,18,19)(H,15,17,20). The Labute approximate surface area is 123 Å². The molecule has 0 unspecified atom stereocenters. The molecular weight excluding hydrogens is 276 g/mol. The SMILES string of the molecule is O=C(O)COCC(=O)NC(=O)N1CCC2(CCCC2)CC1. The number of carbonyl (C=O) groups is 3. The van der Waals surface area contributed by atoms with Gasteiger partial charge in [-0.3, -0.25) is 10.1 Å². The second-order valence-corrected chi connectivity index (χ2v) is 5.93. The summed E-state index contributed by atoms with van der Waals surface area (Å²) in [5.41, 5.74) is 0.422. The van der Waals surface area contributed by atoms with Crippen molar-refractivity contribution in [3.05, 3.63) is 0 Å². The molecule has 0 aromatic carbocycles. The van der Waals surface area contributed by atoms with Crippen LogP contribution >= 0.6 is 0 Å². The van der Waals surface area contributed by atoms with Gasteiger partial charge in [-0.2, -0.15) is 0 Å². The minimum atomic E-state index is -1.15. The number of amides is 3. The van der Waals surface area contributed by atoms with E-state index in [4.69, 9.17) is 5.11 Å². The number of hydrogen-bond donors (Lipinski definition) is 2. The lowest BCUT2D eigenvalue weighted by Gasteiger charge is -2.39. The Morgan fingerprint density at radius 1 is 1.05 bits per heavy atom. The molecule has 0 bridgehead atoms. The van der Waals surface area contributed by atoms with Crippen LogP contribution in [0.1, 0.15) is 38.5 Å². The van der Waals surface area contributed by atoms with Gasteiger partial charge < -0.3 is 14.7 Å². The minimum Gasteiger partial charge on any atom is -0.480 e. The van der Waals surface area contributed by atoms with Gasteiger partial charge in [0.05, 0.1) is 0 Å². The molecule has 2 rings (SSSR count). The molecule has 7 heteroatoms. The third-order valence-electron chi connectivity index (χ3n) is 4.48. The summed E-state index contributed by atoms with van der Waals surface area (Å²) in [4.78, 5) is 35.3. The predicted octanol–water partition coefficient (Wildman–Crippen LogP) is 0.980. The van der Waals surface area contributed by atoms with Crippen LogP contribution in [0.4, 0.5) is 4.79 Å². The number of aliphatic carboxylic acids is 1. The quantitative estimate of drug-likeness (QED) is 0.806. The zero-order chi connectivity index (χ0) is 15.3. The zero-order valence-corrected chi connectivity index (χ0v) is 12.1. The van der Waals surface area contributed by atoms with E-state index in [1.165, 1.54) is 25.7 Å². The summed E-state index contributed by atoms with van der Waals surface area (Å²) in [6, 6.07) is -0.410. The highest BCUT2D eigenvalue weighted by atomic mass is 16.5. The number of likely N-dealkylation sites (tertiary alicyclic amines) is 1. The first-order chi connectivity index (χ1) is 10.0. The molecule has 1 heterocycles. The molecule has 1 aliphatic carbocycles. The first kappa shape index (κ1) is 15.8. The van der Waals surface area contributed by atoms with Crippen LogP contribution in [0.5, 0.6) is 0 Å². The number of piperidine rings is 1. The molecule has 1 saturated heterocycles. The molecule has 0 atom stereocenters. The smallest absolute Gasteiger partial charge is 0.329 e. The molecule has 2 aliphatic rings. The molecule has 7 nitrogen and oxygen atoms in total. The topological polar surface area (TPSA) is 95.9 Å². The molecule has 0 aromatic heterocycles. The average molecular weight is 298 g/mol. The van der Waals surface area contributed by atoms with Crippen molar-refractivity contribution < 1.29 is 24.2 Å². The molecule has 0 radical (unpaired) electrons. The van der Waals surface area contributed by atoms with Gasteiger partial charge in [0.15, 0.2) is 0 Å². The number of ether oxygens (including phenoxy) is 1. The van der Waals surface area contributed by atoms with Gasteiger partial charge in [-0.25, -0.2) is 9.59 Å². The predicted molar refractivity (Wildman–Crippen MR) is 73.7 cm³/mol. The summed E-state index contributed by atoms with van der Waals surface area (Å²) in [5, 5.41) is 10.6. The Hall–Kier alpha value is -1.63. The maximum Gasteiger partial charge on any atom is 0.329 e. The van der Waals surface area contributed by atoms with Crippen molar-refractivity contribution >= 4 is 17.9 Å². The van der Waals surface area contributed by atoms with Crippen LogP contribution in [0.3, 0.4) is 0 Å². The third kappa shape index (κ3) is 4.42. The van der Waals surface area contributed by atoms with E-state index in [1.807, 2.05) is 0 Å². The first-order valence-corrected chi connectivity index (χ1v) is 7.39. The summed E-state index contributed by atoms with van der Waals surface area (Å²) in [5.74, 6) is -1.76. The van der Waals surface area contributed by atoms with Crippen LogP contribution in [0.2, 0.25) is 0 Å². The van der Waals surface area contributed by atoms with Crippen LogP contribution in [-0.2, 0) is 14.3 Å². The number of hydrogen-bond acceptors (Lipinski definition) is 4. The fraction of sp³-hybridized carbons (Fsp3) is 0.786. The third-order valence-corrected chi connectivity index (χ3v) is 4.48. The van der Waals surface area contributed by atoms with E-state index in [0.717, 1.165) is 12.8 Å². The molecule has 21 heavy (non-hydrogen) atoms. The fourth-order valence-electron chi connectivity index (χ4n) is 3.27. The normalized spacial score (nSPS) is 20.5. The zero-order valence-electron chi connectivity index (χ0n) is 12.1. The number of carboxylic acid groups (broad SMARTS) is 1. The molecule has 3 amide bonds. The van der Waals surface area contributed by atoms with Crippen LogP contribution < -0.4 is 5.32 Å². The molecule has 1 aliphatic heterocycles. The number of urea groups is 1. The van der Waals surface area contributed by atoms with E-state index < -0.39 is 31.1 Å². The molecular formula is C14H22N2O5. The van der Waals surface area contributed by atoms with Crippen molar-refractivity contribution in [3.63, 3.8) is 0 Å². The summed E-state index contributed by atoms with van der Waals surface area (Å²) < 4.78 is 4.64. The molecule has 2 N–H and O–H groups in total. The van der Waals surface area contributed by atoms with E-state index in [1.54, 1.807) is 4.90 Å². The number of rotatable bonds is 4. The Morgan fingerprint density at radius 3 is 2.24 bits per heavy atom. The van der Waals surface area contributed by atoms with Crippen LogP contribution in [0, 0.1) is 5.41 Å². The summed E-state index contributed by atoms with van der Waals surface area (Å²) in [6.07, 6.45) is 7.08. The van der Waals surface area contributed by atoms with Crippen LogP contribution in [-0.4, -0.2) is 54.2 Å². The lowest BCUT2D eigenvalue weighted by atomic mass is 9.77. The molecule has 1 saturated carbocycles. The van der Waals surface area contributed by atoms with Crippen molar-refractivity contribution in [1.29, 1.82) is 0 Å². The number of carboxylic acids is 1. The van der Waals surface area contributed by atoms with Gasteiger partial charge >= 0.3 is 12.0 Å². The van der Waals surface area contributed by atoms with E-state index in [0.29, 0.717) is 18.5 Å². The maximum atomic E-state index is 11.9. The lowest BCUT2D eigenvalue weighted by Crippen LogP contribution is -2.49. The summed E-state index contributed by atoms with van der Waals surface area (Å²) in [6.45, 7) is 0.383. The number of imide groups is 1. The second kappa shape index (κ2) is 6.89. The molecule has 2 fully saturated rings. The molecule has 0 aromatic rings. The van der Waals surface area contributed by atoms with Crippen LogP contribution in [0.25, 0.3) is 0 Å². The Kier molecular flexibility index (Phi) is 5.17. The van der Waals surface area contributed by atoms with Crippen molar-refractivity contribution in [2.24, 2.45) is 5.41 Å². The van der Waals surface area contributed by atoms with Gasteiger partial charge in [0.1, 0.15) is 13.2 Å². The number of carbonyl (C=O) groups excluding carboxylic acids is 2. The van der Waals surface area contributed by atoms with Gasteiger partial charge in [0.2, 0.25) is 0 Å². The minimum absolute atomic E-state index is 0.410. The van der Waals surface area contributed by atoms with Gasteiger partial charge in [-0.15, -0.1) is 0 Å². The maximum absolute atomic E-state index is 11.9. The molecule has 1 spiro atoms. The summed E-state index contributed by atoms with van der Waals surface area (Å²) in [7, 11) is 0. The van der Waals surface area contributed by atoms with E-state index in [2.05, 4.69) is 10.1 Å². The molecule has 118 valence electrons. The average Bonchev–Trinajstić information content (AvgIpc) is 2.87.